The molecule has 21 heavy (non-hydrogen) atoms. The Morgan fingerprint density at radius 3 is 2.57 bits per heavy atom. The van der Waals surface area contributed by atoms with E-state index in [1.165, 1.54) is 26.4 Å². The van der Waals surface area contributed by atoms with Crippen molar-refractivity contribution in [2.45, 2.75) is 0 Å². The van der Waals surface area contributed by atoms with Gasteiger partial charge in [-0.25, -0.2) is 4.39 Å². The molecule has 0 aliphatic heterocycles. The van der Waals surface area contributed by atoms with E-state index >= 15 is 0 Å². The third-order valence-corrected chi connectivity index (χ3v) is 3.14. The van der Waals surface area contributed by atoms with E-state index in [0.29, 0.717) is 22.2 Å². The van der Waals surface area contributed by atoms with Gasteiger partial charge in [-0.05, 0) is 24.3 Å². The van der Waals surface area contributed by atoms with Gasteiger partial charge in [0, 0.05) is 6.07 Å². The van der Waals surface area contributed by atoms with Crippen molar-refractivity contribution in [3.63, 3.8) is 0 Å². The molecule has 0 fully saturated rings. The molecule has 0 saturated heterocycles. The zero-order valence-electron chi connectivity index (χ0n) is 11.4. The SMILES string of the molecule is COc1ccc(C(=O)Nc2cccc(Cl)c2OC)c(F)c1. The molecule has 0 heterocycles. The summed E-state index contributed by atoms with van der Waals surface area (Å²) >= 11 is 5.96. The first-order valence-electron chi connectivity index (χ1n) is 6.04. The van der Waals surface area contributed by atoms with E-state index in [1.807, 2.05) is 0 Å². The van der Waals surface area contributed by atoms with E-state index in [-0.39, 0.29) is 5.56 Å². The molecule has 2 aromatic rings. The lowest BCUT2D eigenvalue weighted by Crippen LogP contribution is -2.14. The summed E-state index contributed by atoms with van der Waals surface area (Å²) in [5.41, 5.74) is 0.267. The minimum absolute atomic E-state index is 0.0992. The minimum atomic E-state index is -0.673. The van der Waals surface area contributed by atoms with Gasteiger partial charge in [-0.3, -0.25) is 4.79 Å². The number of carbonyl (C=O) groups excluding carboxylic acids is 1. The maximum absolute atomic E-state index is 13.9. The average molecular weight is 310 g/mol. The molecule has 2 rings (SSSR count). The van der Waals surface area contributed by atoms with Crippen LogP contribution in [0.15, 0.2) is 36.4 Å². The number of para-hydroxylation sites is 1. The predicted octanol–water partition coefficient (Wildman–Crippen LogP) is 3.75. The normalized spacial score (nSPS) is 10.1. The van der Waals surface area contributed by atoms with Crippen LogP contribution in [0.3, 0.4) is 0 Å². The van der Waals surface area contributed by atoms with Crippen LogP contribution in [0, 0.1) is 5.82 Å². The van der Waals surface area contributed by atoms with E-state index in [2.05, 4.69) is 5.32 Å². The van der Waals surface area contributed by atoms with Crippen LogP contribution in [-0.4, -0.2) is 20.1 Å². The fourth-order valence-corrected chi connectivity index (χ4v) is 2.06. The highest BCUT2D eigenvalue weighted by atomic mass is 35.5. The topological polar surface area (TPSA) is 47.6 Å². The molecular formula is C15H13ClFNO3. The van der Waals surface area contributed by atoms with Crippen LogP contribution in [-0.2, 0) is 0 Å². The minimum Gasteiger partial charge on any atom is -0.497 e. The Hall–Kier alpha value is -2.27. The molecular weight excluding hydrogens is 297 g/mol. The first-order valence-corrected chi connectivity index (χ1v) is 6.42. The van der Waals surface area contributed by atoms with E-state index < -0.39 is 11.7 Å². The van der Waals surface area contributed by atoms with Crippen LogP contribution in [0.2, 0.25) is 5.02 Å². The molecule has 6 heteroatoms. The Bertz CT molecular complexity index is 676. The lowest BCUT2D eigenvalue weighted by Gasteiger charge is -2.12. The first-order chi connectivity index (χ1) is 10.1. The zero-order valence-corrected chi connectivity index (χ0v) is 12.2. The second-order valence-electron chi connectivity index (χ2n) is 4.12. The Morgan fingerprint density at radius 1 is 1.19 bits per heavy atom. The largest absolute Gasteiger partial charge is 0.497 e. The molecule has 0 radical (unpaired) electrons. The van der Waals surface area contributed by atoms with Gasteiger partial charge >= 0.3 is 0 Å². The molecule has 0 aromatic heterocycles. The summed E-state index contributed by atoms with van der Waals surface area (Å²) in [4.78, 5) is 12.1. The number of hydrogen-bond acceptors (Lipinski definition) is 3. The number of benzene rings is 2. The van der Waals surface area contributed by atoms with Crippen LogP contribution in [0.1, 0.15) is 10.4 Å². The predicted molar refractivity (Wildman–Crippen MR) is 78.9 cm³/mol. The van der Waals surface area contributed by atoms with Crippen molar-refractivity contribution in [2.24, 2.45) is 0 Å². The number of anilines is 1. The molecule has 0 spiro atoms. The summed E-state index contributed by atoms with van der Waals surface area (Å²) < 4.78 is 23.9. The van der Waals surface area contributed by atoms with Gasteiger partial charge in [-0.15, -0.1) is 0 Å². The highest BCUT2D eigenvalue weighted by Gasteiger charge is 2.15. The molecule has 0 saturated carbocycles. The van der Waals surface area contributed by atoms with E-state index in [9.17, 15) is 9.18 Å². The molecule has 0 bridgehead atoms. The second-order valence-corrected chi connectivity index (χ2v) is 4.53. The number of halogens is 2. The fourth-order valence-electron chi connectivity index (χ4n) is 1.81. The number of rotatable bonds is 4. The fraction of sp³-hybridized carbons (Fsp3) is 0.133. The third-order valence-electron chi connectivity index (χ3n) is 2.84. The van der Waals surface area contributed by atoms with Crippen LogP contribution in [0.5, 0.6) is 11.5 Å². The van der Waals surface area contributed by atoms with Crippen molar-refractivity contribution in [2.75, 3.05) is 19.5 Å². The smallest absolute Gasteiger partial charge is 0.258 e. The van der Waals surface area contributed by atoms with Gasteiger partial charge in [0.25, 0.3) is 5.91 Å². The third kappa shape index (κ3) is 3.25. The van der Waals surface area contributed by atoms with Gasteiger partial charge in [0.15, 0.2) is 5.75 Å². The number of amides is 1. The molecule has 110 valence electrons. The Labute approximate surface area is 126 Å². The molecule has 1 amide bonds. The number of hydrogen-bond donors (Lipinski definition) is 1. The summed E-state index contributed by atoms with van der Waals surface area (Å²) in [6.45, 7) is 0. The first kappa shape index (κ1) is 15.1. The van der Waals surface area contributed by atoms with Crippen LogP contribution >= 0.6 is 11.6 Å². The lowest BCUT2D eigenvalue weighted by molar-refractivity contribution is 0.102. The van der Waals surface area contributed by atoms with Gasteiger partial charge in [-0.2, -0.15) is 0 Å². The Balaban J connectivity index is 2.28. The lowest BCUT2D eigenvalue weighted by atomic mass is 10.2. The van der Waals surface area contributed by atoms with Crippen molar-refractivity contribution in [1.82, 2.24) is 0 Å². The summed E-state index contributed by atoms with van der Waals surface area (Å²) in [6.07, 6.45) is 0. The average Bonchev–Trinajstić information content (AvgIpc) is 2.47. The number of methoxy groups -OCH3 is 2. The molecule has 0 atom stereocenters. The molecule has 0 aliphatic carbocycles. The van der Waals surface area contributed by atoms with Gasteiger partial charge in [0.1, 0.15) is 11.6 Å². The van der Waals surface area contributed by atoms with Gasteiger partial charge in [0.2, 0.25) is 0 Å². The van der Waals surface area contributed by atoms with Gasteiger partial charge < -0.3 is 14.8 Å². The van der Waals surface area contributed by atoms with E-state index in [4.69, 9.17) is 21.1 Å². The van der Waals surface area contributed by atoms with E-state index in [1.54, 1.807) is 18.2 Å². The van der Waals surface area contributed by atoms with Crippen LogP contribution in [0.4, 0.5) is 10.1 Å². The molecule has 2 aromatic carbocycles. The highest BCUT2D eigenvalue weighted by molar-refractivity contribution is 6.32. The van der Waals surface area contributed by atoms with Crippen molar-refractivity contribution >= 4 is 23.2 Å². The number of ether oxygens (including phenoxy) is 2. The van der Waals surface area contributed by atoms with Gasteiger partial charge in [0.05, 0.1) is 30.5 Å². The molecule has 0 unspecified atom stereocenters. The molecule has 1 N–H and O–H groups in total. The monoisotopic (exact) mass is 309 g/mol. The van der Waals surface area contributed by atoms with Crippen molar-refractivity contribution in [1.29, 1.82) is 0 Å². The zero-order chi connectivity index (χ0) is 15.4. The Morgan fingerprint density at radius 2 is 1.95 bits per heavy atom. The van der Waals surface area contributed by atoms with Crippen molar-refractivity contribution in [3.05, 3.63) is 52.8 Å². The standard InChI is InChI=1S/C15H13ClFNO3/c1-20-9-6-7-10(12(17)8-9)15(19)18-13-5-3-4-11(16)14(13)21-2/h3-8H,1-2H3,(H,18,19). The molecule has 4 nitrogen and oxygen atoms in total. The second kappa shape index (κ2) is 6.45. The molecule has 0 aliphatic rings. The van der Waals surface area contributed by atoms with Crippen molar-refractivity contribution in [3.8, 4) is 11.5 Å². The maximum Gasteiger partial charge on any atom is 0.258 e. The summed E-state index contributed by atoms with van der Waals surface area (Å²) in [5, 5.41) is 2.92. The quantitative estimate of drug-likeness (QED) is 0.935. The van der Waals surface area contributed by atoms with Crippen molar-refractivity contribution < 1.29 is 18.7 Å². The van der Waals surface area contributed by atoms with Gasteiger partial charge in [-0.1, -0.05) is 17.7 Å². The van der Waals surface area contributed by atoms with Crippen LogP contribution < -0.4 is 14.8 Å². The van der Waals surface area contributed by atoms with Crippen LogP contribution in [0.25, 0.3) is 0 Å². The summed E-state index contributed by atoms with van der Waals surface area (Å²) in [6, 6.07) is 8.90. The van der Waals surface area contributed by atoms with E-state index in [0.717, 1.165) is 6.07 Å². The highest BCUT2D eigenvalue weighted by Crippen LogP contribution is 2.32. The summed E-state index contributed by atoms with van der Waals surface area (Å²) in [5.74, 6) is -0.616. The number of carbonyl (C=O) groups is 1. The maximum atomic E-state index is 13.9. The Kier molecular flexibility index (Phi) is 4.65. The summed E-state index contributed by atoms with van der Waals surface area (Å²) in [7, 11) is 2.86. The number of nitrogens with one attached hydrogen (secondary N) is 1.